The van der Waals surface area contributed by atoms with Crippen LogP contribution in [0.5, 0.6) is 0 Å². The Bertz CT molecular complexity index is 438. The second-order valence-electron chi connectivity index (χ2n) is 3.84. The van der Waals surface area contributed by atoms with Crippen LogP contribution in [0.15, 0.2) is 53.2 Å². The van der Waals surface area contributed by atoms with Crippen LogP contribution in [-0.2, 0) is 0 Å². The quantitative estimate of drug-likeness (QED) is 0.533. The van der Waals surface area contributed by atoms with Gasteiger partial charge in [0.1, 0.15) is 0 Å². The minimum Gasteiger partial charge on any atom is -0.258 e. The zero-order chi connectivity index (χ0) is 12.1. The van der Waals surface area contributed by atoms with Gasteiger partial charge >= 0.3 is 0 Å². The third-order valence-corrected chi connectivity index (χ3v) is 2.31. The van der Waals surface area contributed by atoms with Crippen LogP contribution < -0.4 is 0 Å². The average molecular weight is 234 g/mol. The van der Waals surface area contributed by atoms with Gasteiger partial charge in [0, 0.05) is 16.4 Å². The van der Waals surface area contributed by atoms with Gasteiger partial charge in [0.15, 0.2) is 0 Å². The molecule has 0 radical (unpaired) electrons. The van der Waals surface area contributed by atoms with Crippen LogP contribution in [0.2, 0.25) is 5.02 Å². The first-order chi connectivity index (χ1) is 7.49. The zero-order valence-electron chi connectivity index (χ0n) is 9.92. The van der Waals surface area contributed by atoms with Crippen molar-refractivity contribution < 1.29 is 0 Å². The molecule has 0 aliphatic rings. The minimum atomic E-state index is 0.741. The fourth-order valence-electron chi connectivity index (χ4n) is 1.41. The minimum absolute atomic E-state index is 0.741. The molecular formula is C14H16ClN. The van der Waals surface area contributed by atoms with Crippen LogP contribution in [0.25, 0.3) is 0 Å². The summed E-state index contributed by atoms with van der Waals surface area (Å²) in [5.41, 5.74) is 4.02. The summed E-state index contributed by atoms with van der Waals surface area (Å²) in [6, 6.07) is 7.67. The van der Waals surface area contributed by atoms with E-state index in [9.17, 15) is 0 Å². The van der Waals surface area contributed by atoms with Crippen molar-refractivity contribution in [2.75, 3.05) is 0 Å². The van der Waals surface area contributed by atoms with Gasteiger partial charge in [-0.1, -0.05) is 35.9 Å². The molecule has 1 rings (SSSR count). The molecule has 0 heterocycles. The van der Waals surface area contributed by atoms with E-state index >= 15 is 0 Å². The molecule has 0 saturated heterocycles. The van der Waals surface area contributed by atoms with Gasteiger partial charge in [0.05, 0.1) is 0 Å². The molecule has 16 heavy (non-hydrogen) atoms. The molecule has 84 valence electrons. The van der Waals surface area contributed by atoms with Gasteiger partial charge in [0.2, 0.25) is 0 Å². The molecule has 1 aromatic rings. The lowest BCUT2D eigenvalue weighted by Gasteiger charge is -2.01. The van der Waals surface area contributed by atoms with E-state index in [-0.39, 0.29) is 0 Å². The first-order valence-corrected chi connectivity index (χ1v) is 5.52. The molecule has 0 amide bonds. The summed E-state index contributed by atoms with van der Waals surface area (Å²) in [5.74, 6) is 0. The topological polar surface area (TPSA) is 12.4 Å². The molecule has 0 bridgehead atoms. The van der Waals surface area contributed by atoms with Crippen molar-refractivity contribution in [3.05, 3.63) is 58.8 Å². The SMILES string of the molecule is C=C(C)/C=C(/C)N=C(C)c1ccc(Cl)cc1. The van der Waals surface area contributed by atoms with Gasteiger partial charge in [0.25, 0.3) is 0 Å². The number of halogens is 1. The maximum Gasteiger partial charge on any atom is 0.0448 e. The molecular weight excluding hydrogens is 218 g/mol. The Kier molecular flexibility index (Phi) is 4.51. The number of rotatable bonds is 3. The van der Waals surface area contributed by atoms with E-state index in [4.69, 9.17) is 11.6 Å². The normalized spacial score (nSPS) is 12.8. The number of benzene rings is 1. The van der Waals surface area contributed by atoms with Crippen LogP contribution in [-0.4, -0.2) is 5.71 Å². The summed E-state index contributed by atoms with van der Waals surface area (Å²) in [6.07, 6.45) is 1.96. The predicted molar refractivity (Wildman–Crippen MR) is 72.2 cm³/mol. The lowest BCUT2D eigenvalue weighted by molar-refractivity contribution is 1.27. The van der Waals surface area contributed by atoms with Crippen LogP contribution >= 0.6 is 11.6 Å². The monoisotopic (exact) mass is 233 g/mol. The van der Waals surface area contributed by atoms with E-state index < -0.39 is 0 Å². The van der Waals surface area contributed by atoms with Crippen LogP contribution in [0, 0.1) is 0 Å². The smallest absolute Gasteiger partial charge is 0.0448 e. The van der Waals surface area contributed by atoms with Crippen molar-refractivity contribution in [3.8, 4) is 0 Å². The first kappa shape index (κ1) is 12.7. The Morgan fingerprint density at radius 3 is 2.25 bits per heavy atom. The number of nitrogens with zero attached hydrogens (tertiary/aromatic N) is 1. The third-order valence-electron chi connectivity index (χ3n) is 2.06. The van der Waals surface area contributed by atoms with Gasteiger partial charge in [-0.2, -0.15) is 0 Å². The molecule has 0 N–H and O–H groups in total. The summed E-state index contributed by atoms with van der Waals surface area (Å²) in [7, 11) is 0. The predicted octanol–water partition coefficient (Wildman–Crippen LogP) is 4.63. The average Bonchev–Trinajstić information content (AvgIpc) is 2.16. The van der Waals surface area contributed by atoms with E-state index in [0.717, 1.165) is 27.6 Å². The lowest BCUT2D eigenvalue weighted by atomic mass is 10.1. The molecule has 1 aromatic carbocycles. The molecule has 0 aromatic heterocycles. The second-order valence-corrected chi connectivity index (χ2v) is 4.27. The van der Waals surface area contributed by atoms with E-state index in [1.807, 2.05) is 51.1 Å². The molecule has 0 fully saturated rings. The largest absolute Gasteiger partial charge is 0.258 e. The zero-order valence-corrected chi connectivity index (χ0v) is 10.7. The highest BCUT2D eigenvalue weighted by molar-refractivity contribution is 6.30. The molecule has 0 atom stereocenters. The second kappa shape index (κ2) is 5.66. The van der Waals surface area contributed by atoms with E-state index in [1.165, 1.54) is 0 Å². The number of hydrogen-bond donors (Lipinski definition) is 0. The van der Waals surface area contributed by atoms with E-state index in [2.05, 4.69) is 11.6 Å². The van der Waals surface area contributed by atoms with Crippen molar-refractivity contribution >= 4 is 17.3 Å². The molecule has 0 saturated carbocycles. The lowest BCUT2D eigenvalue weighted by Crippen LogP contribution is -1.94. The Hall–Kier alpha value is -1.34. The van der Waals surface area contributed by atoms with Crippen LogP contribution in [0.4, 0.5) is 0 Å². The number of aliphatic imine (C=N–C) groups is 1. The van der Waals surface area contributed by atoms with Crippen molar-refractivity contribution in [2.24, 2.45) is 4.99 Å². The standard InChI is InChI=1S/C14H16ClN/c1-10(2)9-11(3)16-12(4)13-5-7-14(15)8-6-13/h5-9H,1H2,2-4H3/b11-9-,16-12?. The molecule has 2 heteroatoms. The van der Waals surface area contributed by atoms with E-state index in [1.54, 1.807) is 0 Å². The van der Waals surface area contributed by atoms with Crippen LogP contribution in [0.3, 0.4) is 0 Å². The Morgan fingerprint density at radius 2 is 1.75 bits per heavy atom. The molecule has 0 spiro atoms. The highest BCUT2D eigenvalue weighted by Crippen LogP contribution is 2.11. The van der Waals surface area contributed by atoms with Gasteiger partial charge < -0.3 is 0 Å². The number of allylic oxidation sites excluding steroid dienone is 3. The van der Waals surface area contributed by atoms with Crippen LogP contribution in [0.1, 0.15) is 26.3 Å². The summed E-state index contributed by atoms with van der Waals surface area (Å²) in [5, 5.41) is 0.741. The van der Waals surface area contributed by atoms with E-state index in [0.29, 0.717) is 0 Å². The van der Waals surface area contributed by atoms with Crippen molar-refractivity contribution in [1.82, 2.24) is 0 Å². The summed E-state index contributed by atoms with van der Waals surface area (Å²) in [4.78, 5) is 4.49. The molecule has 0 aliphatic heterocycles. The summed E-state index contributed by atoms with van der Waals surface area (Å²) in [6.45, 7) is 9.73. The third kappa shape index (κ3) is 4.03. The highest BCUT2D eigenvalue weighted by atomic mass is 35.5. The Labute approximate surface area is 102 Å². The van der Waals surface area contributed by atoms with Gasteiger partial charge in [-0.05, 0) is 44.5 Å². The van der Waals surface area contributed by atoms with Gasteiger partial charge in [-0.15, -0.1) is 0 Å². The molecule has 0 unspecified atom stereocenters. The van der Waals surface area contributed by atoms with Crippen molar-refractivity contribution in [2.45, 2.75) is 20.8 Å². The Balaban J connectivity index is 2.93. The van der Waals surface area contributed by atoms with Crippen molar-refractivity contribution in [3.63, 3.8) is 0 Å². The maximum atomic E-state index is 5.83. The Morgan fingerprint density at radius 1 is 1.19 bits per heavy atom. The number of hydrogen-bond acceptors (Lipinski definition) is 1. The fraction of sp³-hybridized carbons (Fsp3) is 0.214. The van der Waals surface area contributed by atoms with Crippen molar-refractivity contribution in [1.29, 1.82) is 0 Å². The summed E-state index contributed by atoms with van der Waals surface area (Å²) < 4.78 is 0. The molecule has 0 aliphatic carbocycles. The molecule has 1 nitrogen and oxygen atoms in total. The fourth-order valence-corrected chi connectivity index (χ4v) is 1.54. The first-order valence-electron chi connectivity index (χ1n) is 5.14. The summed E-state index contributed by atoms with van der Waals surface area (Å²) >= 11 is 5.83. The van der Waals surface area contributed by atoms with Gasteiger partial charge in [-0.3, -0.25) is 4.99 Å². The van der Waals surface area contributed by atoms with Gasteiger partial charge in [-0.25, -0.2) is 0 Å². The highest BCUT2D eigenvalue weighted by Gasteiger charge is 1.97. The maximum absolute atomic E-state index is 5.83.